The Hall–Kier alpha value is -1.39. The Balaban J connectivity index is 2.21. The Morgan fingerprint density at radius 3 is 2.79 bits per heavy atom. The van der Waals surface area contributed by atoms with E-state index in [1.54, 1.807) is 7.11 Å². The number of nitrogens with two attached hydrogens (primary N) is 1. The molecule has 100 valence electrons. The number of pyridine rings is 1. The summed E-state index contributed by atoms with van der Waals surface area (Å²) >= 11 is 3.55. The van der Waals surface area contributed by atoms with Crippen molar-refractivity contribution in [1.29, 1.82) is 0 Å². The fourth-order valence-electron chi connectivity index (χ4n) is 1.97. The van der Waals surface area contributed by atoms with Gasteiger partial charge in [-0.15, -0.1) is 0 Å². The molecule has 0 radical (unpaired) electrons. The van der Waals surface area contributed by atoms with Gasteiger partial charge in [-0.05, 0) is 48.2 Å². The monoisotopic (exact) mass is 320 g/mol. The van der Waals surface area contributed by atoms with Crippen LogP contribution in [0.25, 0.3) is 0 Å². The average Bonchev–Trinajstić information content (AvgIpc) is 2.41. The maximum atomic E-state index is 6.25. The quantitative estimate of drug-likeness (QED) is 0.939. The molecule has 19 heavy (non-hydrogen) atoms. The standard InChI is InChI=1S/C15H17BrN2O/c1-10-5-12(9-18-8-10)15(17)7-11-6-13(19-2)3-4-14(11)16/h3-6,8-9,15H,7,17H2,1-2H3. The highest BCUT2D eigenvalue weighted by atomic mass is 79.9. The highest BCUT2D eigenvalue weighted by molar-refractivity contribution is 9.10. The van der Waals surface area contributed by atoms with Gasteiger partial charge in [0, 0.05) is 22.9 Å². The first-order valence-electron chi connectivity index (χ1n) is 6.09. The molecule has 2 aromatic rings. The molecule has 0 aliphatic carbocycles. The number of rotatable bonds is 4. The average molecular weight is 321 g/mol. The van der Waals surface area contributed by atoms with Crippen molar-refractivity contribution in [3.63, 3.8) is 0 Å². The SMILES string of the molecule is COc1ccc(Br)c(CC(N)c2cncc(C)c2)c1. The van der Waals surface area contributed by atoms with Gasteiger partial charge in [-0.1, -0.05) is 22.0 Å². The maximum Gasteiger partial charge on any atom is 0.119 e. The number of benzene rings is 1. The van der Waals surface area contributed by atoms with Gasteiger partial charge >= 0.3 is 0 Å². The van der Waals surface area contributed by atoms with Crippen LogP contribution < -0.4 is 10.5 Å². The van der Waals surface area contributed by atoms with Crippen molar-refractivity contribution in [1.82, 2.24) is 4.98 Å². The van der Waals surface area contributed by atoms with E-state index in [2.05, 4.69) is 27.0 Å². The lowest BCUT2D eigenvalue weighted by atomic mass is 10.00. The number of hydrogen-bond donors (Lipinski definition) is 1. The molecule has 0 aliphatic rings. The summed E-state index contributed by atoms with van der Waals surface area (Å²) < 4.78 is 6.29. The van der Waals surface area contributed by atoms with Crippen LogP contribution in [-0.2, 0) is 6.42 Å². The molecule has 4 heteroatoms. The fourth-order valence-corrected chi connectivity index (χ4v) is 2.38. The van der Waals surface area contributed by atoms with Crippen molar-refractivity contribution in [2.24, 2.45) is 5.73 Å². The van der Waals surface area contributed by atoms with Gasteiger partial charge in [-0.3, -0.25) is 4.98 Å². The van der Waals surface area contributed by atoms with E-state index in [4.69, 9.17) is 10.5 Å². The molecular weight excluding hydrogens is 304 g/mol. The number of nitrogens with zero attached hydrogens (tertiary/aromatic N) is 1. The van der Waals surface area contributed by atoms with Gasteiger partial charge in [0.15, 0.2) is 0 Å². The summed E-state index contributed by atoms with van der Waals surface area (Å²) in [4.78, 5) is 4.19. The van der Waals surface area contributed by atoms with E-state index < -0.39 is 0 Å². The van der Waals surface area contributed by atoms with Crippen LogP contribution in [0.15, 0.2) is 41.1 Å². The minimum atomic E-state index is -0.0733. The molecule has 0 fully saturated rings. The normalized spacial score (nSPS) is 12.2. The zero-order valence-corrected chi connectivity index (χ0v) is 12.6. The van der Waals surface area contributed by atoms with Crippen LogP contribution in [0.5, 0.6) is 5.75 Å². The molecule has 2 N–H and O–H groups in total. The molecule has 1 aromatic heterocycles. The van der Waals surface area contributed by atoms with Gasteiger partial charge in [0.25, 0.3) is 0 Å². The molecule has 0 bridgehead atoms. The van der Waals surface area contributed by atoms with Crippen LogP contribution in [0.2, 0.25) is 0 Å². The van der Waals surface area contributed by atoms with Crippen LogP contribution in [0.1, 0.15) is 22.7 Å². The topological polar surface area (TPSA) is 48.1 Å². The molecule has 0 aliphatic heterocycles. The van der Waals surface area contributed by atoms with Crippen molar-refractivity contribution in [2.75, 3.05) is 7.11 Å². The predicted molar refractivity (Wildman–Crippen MR) is 80.3 cm³/mol. The summed E-state index contributed by atoms with van der Waals surface area (Å²) in [6, 6.07) is 7.91. The Morgan fingerprint density at radius 2 is 2.11 bits per heavy atom. The van der Waals surface area contributed by atoms with Crippen molar-refractivity contribution < 1.29 is 4.74 Å². The number of aromatic nitrogens is 1. The Kier molecular flexibility index (Phi) is 4.56. The summed E-state index contributed by atoms with van der Waals surface area (Å²) in [5.74, 6) is 0.841. The maximum absolute atomic E-state index is 6.25. The van der Waals surface area contributed by atoms with E-state index in [0.717, 1.165) is 33.3 Å². The van der Waals surface area contributed by atoms with E-state index in [1.807, 2.05) is 37.5 Å². The van der Waals surface area contributed by atoms with Gasteiger partial charge in [0.1, 0.15) is 5.75 Å². The second-order valence-electron chi connectivity index (χ2n) is 4.56. The molecule has 1 unspecified atom stereocenters. The minimum absolute atomic E-state index is 0.0733. The number of ether oxygens (including phenoxy) is 1. The summed E-state index contributed by atoms with van der Waals surface area (Å²) in [6.07, 6.45) is 4.40. The number of halogens is 1. The molecule has 1 heterocycles. The van der Waals surface area contributed by atoms with Crippen molar-refractivity contribution in [3.8, 4) is 5.75 Å². The van der Waals surface area contributed by atoms with Gasteiger partial charge in [0.05, 0.1) is 7.11 Å². The summed E-state index contributed by atoms with van der Waals surface area (Å²) in [5, 5.41) is 0. The third kappa shape index (κ3) is 3.55. The third-order valence-electron chi connectivity index (χ3n) is 3.02. The summed E-state index contributed by atoms with van der Waals surface area (Å²) in [5.41, 5.74) is 9.56. The van der Waals surface area contributed by atoms with E-state index >= 15 is 0 Å². The van der Waals surface area contributed by atoms with Crippen molar-refractivity contribution >= 4 is 15.9 Å². The van der Waals surface area contributed by atoms with Gasteiger partial charge in [0.2, 0.25) is 0 Å². The third-order valence-corrected chi connectivity index (χ3v) is 3.79. The molecule has 0 amide bonds. The molecule has 1 atom stereocenters. The molecule has 0 saturated heterocycles. The lowest BCUT2D eigenvalue weighted by molar-refractivity contribution is 0.414. The van der Waals surface area contributed by atoms with Crippen LogP contribution in [0, 0.1) is 6.92 Å². The van der Waals surface area contributed by atoms with E-state index in [0.29, 0.717) is 0 Å². The highest BCUT2D eigenvalue weighted by Crippen LogP contribution is 2.26. The Labute approximate surface area is 121 Å². The fraction of sp³-hybridized carbons (Fsp3) is 0.267. The first-order chi connectivity index (χ1) is 9.10. The smallest absolute Gasteiger partial charge is 0.119 e. The zero-order chi connectivity index (χ0) is 13.8. The number of hydrogen-bond acceptors (Lipinski definition) is 3. The first kappa shape index (κ1) is 14.0. The van der Waals surface area contributed by atoms with E-state index in [1.165, 1.54) is 0 Å². The summed E-state index contributed by atoms with van der Waals surface area (Å²) in [7, 11) is 1.66. The van der Waals surface area contributed by atoms with Crippen LogP contribution in [0.3, 0.4) is 0 Å². The van der Waals surface area contributed by atoms with Crippen LogP contribution in [0.4, 0.5) is 0 Å². The van der Waals surface area contributed by atoms with E-state index in [9.17, 15) is 0 Å². The lowest BCUT2D eigenvalue weighted by Crippen LogP contribution is -2.14. The van der Waals surface area contributed by atoms with E-state index in [-0.39, 0.29) is 6.04 Å². The molecule has 1 aromatic carbocycles. The van der Waals surface area contributed by atoms with Crippen molar-refractivity contribution in [2.45, 2.75) is 19.4 Å². The predicted octanol–water partition coefficient (Wildman–Crippen LogP) is 3.40. The lowest BCUT2D eigenvalue weighted by Gasteiger charge is -2.14. The molecule has 0 spiro atoms. The summed E-state index contributed by atoms with van der Waals surface area (Å²) in [6.45, 7) is 2.02. The number of methoxy groups -OCH3 is 1. The van der Waals surface area contributed by atoms with Crippen LogP contribution in [-0.4, -0.2) is 12.1 Å². The van der Waals surface area contributed by atoms with Crippen LogP contribution >= 0.6 is 15.9 Å². The Morgan fingerprint density at radius 1 is 1.32 bits per heavy atom. The number of aryl methyl sites for hydroxylation is 1. The molecular formula is C15H17BrN2O. The molecule has 2 rings (SSSR count). The second-order valence-corrected chi connectivity index (χ2v) is 5.42. The van der Waals surface area contributed by atoms with Crippen molar-refractivity contribution in [3.05, 3.63) is 57.8 Å². The first-order valence-corrected chi connectivity index (χ1v) is 6.89. The van der Waals surface area contributed by atoms with Gasteiger partial charge in [-0.2, -0.15) is 0 Å². The Bertz CT molecular complexity index is 572. The minimum Gasteiger partial charge on any atom is -0.497 e. The molecule has 3 nitrogen and oxygen atoms in total. The zero-order valence-electron chi connectivity index (χ0n) is 11.1. The van der Waals surface area contributed by atoms with Gasteiger partial charge < -0.3 is 10.5 Å². The van der Waals surface area contributed by atoms with Gasteiger partial charge in [-0.25, -0.2) is 0 Å². The second kappa shape index (κ2) is 6.17. The largest absolute Gasteiger partial charge is 0.497 e. The molecule has 0 saturated carbocycles. The highest BCUT2D eigenvalue weighted by Gasteiger charge is 2.11.